The Kier molecular flexibility index (Phi) is 7.20. The lowest BCUT2D eigenvalue weighted by atomic mass is 10.2. The molecule has 4 heteroatoms. The Morgan fingerprint density at radius 1 is 1.29 bits per heavy atom. The maximum absolute atomic E-state index is 11.7. The number of rotatable bonds is 3. The Morgan fingerprint density at radius 3 is 2.43 bits per heavy atom. The Bertz CT molecular complexity index is 254. The number of hydrogen-bond acceptors (Lipinski definition) is 2. The zero-order valence-corrected chi connectivity index (χ0v) is 9.37. The van der Waals surface area contributed by atoms with Gasteiger partial charge in [0.15, 0.2) is 0 Å². The summed E-state index contributed by atoms with van der Waals surface area (Å²) in [7, 11) is 0. The van der Waals surface area contributed by atoms with Gasteiger partial charge in [0.25, 0.3) is 0 Å². The van der Waals surface area contributed by atoms with Gasteiger partial charge in [0.05, 0.1) is 0 Å². The highest BCUT2D eigenvalue weighted by Crippen LogP contribution is 2.18. The third-order valence-corrected chi connectivity index (χ3v) is 1.82. The van der Waals surface area contributed by atoms with E-state index in [-0.39, 0.29) is 0 Å². The summed E-state index contributed by atoms with van der Waals surface area (Å²) in [6, 6.07) is 7.31. The molecule has 14 heavy (non-hydrogen) atoms. The average molecular weight is 219 g/mol. The minimum atomic E-state index is -2.38. The molecule has 0 aliphatic carbocycles. The van der Waals surface area contributed by atoms with Gasteiger partial charge in [-0.1, -0.05) is 26.0 Å². The summed E-state index contributed by atoms with van der Waals surface area (Å²) in [5, 5.41) is 0. The second-order valence-corrected chi connectivity index (χ2v) is 3.15. The van der Waals surface area contributed by atoms with Gasteiger partial charge in [-0.15, -0.1) is 0 Å². The van der Waals surface area contributed by atoms with E-state index < -0.39 is 5.76 Å². The summed E-state index contributed by atoms with van der Waals surface area (Å²) in [5.74, 6) is -2.38. The number of alkyl halides is 2. The highest BCUT2D eigenvalue weighted by molar-refractivity contribution is 8.00. The summed E-state index contributed by atoms with van der Waals surface area (Å²) < 4.78 is 26.0. The first-order chi connectivity index (χ1) is 6.68. The lowest BCUT2D eigenvalue weighted by Gasteiger charge is -2.04. The molecule has 0 radical (unpaired) electrons. The molecular formula is C10H15F2NS. The fourth-order valence-corrected chi connectivity index (χ4v) is 1.17. The van der Waals surface area contributed by atoms with Crippen molar-refractivity contribution in [3.63, 3.8) is 0 Å². The predicted molar refractivity (Wildman–Crippen MR) is 59.7 cm³/mol. The first kappa shape index (κ1) is 13.2. The maximum Gasteiger partial charge on any atom is 0.302 e. The van der Waals surface area contributed by atoms with E-state index in [0.717, 1.165) is 5.56 Å². The van der Waals surface area contributed by atoms with Crippen LogP contribution in [0.1, 0.15) is 19.4 Å². The van der Waals surface area contributed by atoms with Gasteiger partial charge >= 0.3 is 5.76 Å². The Balaban J connectivity index is 0.000000791. The highest BCUT2D eigenvalue weighted by atomic mass is 32.2. The van der Waals surface area contributed by atoms with E-state index in [4.69, 9.17) is 0 Å². The Hall–Kier alpha value is -0.770. The van der Waals surface area contributed by atoms with E-state index in [1.54, 1.807) is 6.07 Å². The van der Waals surface area contributed by atoms with Crippen LogP contribution in [-0.2, 0) is 0 Å². The molecule has 0 saturated heterocycles. The molecule has 0 amide bonds. The second-order valence-electron chi connectivity index (χ2n) is 2.35. The molecule has 0 fully saturated rings. The minimum absolute atomic E-state index is 0.410. The Morgan fingerprint density at radius 2 is 1.93 bits per heavy atom. The van der Waals surface area contributed by atoms with Crippen LogP contribution in [0.2, 0.25) is 0 Å². The van der Waals surface area contributed by atoms with Crippen molar-refractivity contribution in [2.24, 2.45) is 0 Å². The maximum atomic E-state index is 11.7. The van der Waals surface area contributed by atoms with Crippen LogP contribution in [-0.4, -0.2) is 5.76 Å². The molecule has 0 spiro atoms. The number of anilines is 1. The molecule has 1 nitrogen and oxygen atoms in total. The van der Waals surface area contributed by atoms with Crippen LogP contribution in [0, 0.1) is 6.92 Å². The predicted octanol–water partition coefficient (Wildman–Crippen LogP) is 4.30. The second kappa shape index (κ2) is 7.62. The van der Waals surface area contributed by atoms with Gasteiger partial charge in [-0.05, 0) is 24.6 Å². The SMILES string of the molecule is CC.Cc1cccc(NSC(F)F)c1. The van der Waals surface area contributed by atoms with Gasteiger partial charge in [-0.3, -0.25) is 0 Å². The van der Waals surface area contributed by atoms with Crippen LogP contribution in [0.3, 0.4) is 0 Å². The van der Waals surface area contributed by atoms with Crippen molar-refractivity contribution in [1.82, 2.24) is 0 Å². The molecule has 0 saturated carbocycles. The molecule has 80 valence electrons. The van der Waals surface area contributed by atoms with Crippen molar-refractivity contribution in [3.05, 3.63) is 29.8 Å². The van der Waals surface area contributed by atoms with E-state index in [0.29, 0.717) is 17.6 Å². The van der Waals surface area contributed by atoms with Crippen molar-refractivity contribution in [2.75, 3.05) is 4.72 Å². The molecule has 1 rings (SSSR count). The van der Waals surface area contributed by atoms with Crippen LogP contribution >= 0.6 is 11.9 Å². The molecule has 1 aromatic rings. The average Bonchev–Trinajstić information content (AvgIpc) is 2.18. The molecule has 0 heterocycles. The van der Waals surface area contributed by atoms with Gasteiger partial charge in [-0.25, -0.2) is 0 Å². The zero-order valence-electron chi connectivity index (χ0n) is 8.55. The van der Waals surface area contributed by atoms with Crippen molar-refractivity contribution in [2.45, 2.75) is 26.5 Å². The standard InChI is InChI=1S/C8H9F2NS.C2H6/c1-6-3-2-4-7(5-6)11-12-8(9)10;1-2/h2-5,8,11H,1H3;1-2H3. The van der Waals surface area contributed by atoms with Gasteiger partial charge in [0.2, 0.25) is 0 Å². The number of aryl methyl sites for hydroxylation is 1. The lowest BCUT2D eigenvalue weighted by Crippen LogP contribution is -1.91. The van der Waals surface area contributed by atoms with Crippen LogP contribution in [0.5, 0.6) is 0 Å². The van der Waals surface area contributed by atoms with Crippen molar-refractivity contribution in [3.8, 4) is 0 Å². The molecule has 0 atom stereocenters. The van der Waals surface area contributed by atoms with Crippen LogP contribution in [0.4, 0.5) is 14.5 Å². The topological polar surface area (TPSA) is 12.0 Å². The van der Waals surface area contributed by atoms with E-state index in [2.05, 4.69) is 4.72 Å². The van der Waals surface area contributed by atoms with Crippen LogP contribution in [0.25, 0.3) is 0 Å². The summed E-state index contributed by atoms with van der Waals surface area (Å²) in [6.45, 7) is 5.91. The molecule has 0 aliphatic rings. The monoisotopic (exact) mass is 219 g/mol. The van der Waals surface area contributed by atoms with E-state index in [9.17, 15) is 8.78 Å². The summed E-state index contributed by atoms with van der Waals surface area (Å²) in [5.41, 5.74) is 1.76. The fourth-order valence-electron chi connectivity index (χ4n) is 0.821. The van der Waals surface area contributed by atoms with Crippen molar-refractivity contribution < 1.29 is 8.78 Å². The van der Waals surface area contributed by atoms with E-state index in [1.807, 2.05) is 39.0 Å². The largest absolute Gasteiger partial charge is 0.325 e. The number of benzene rings is 1. The zero-order chi connectivity index (χ0) is 11.0. The van der Waals surface area contributed by atoms with E-state index >= 15 is 0 Å². The number of nitrogens with one attached hydrogen (secondary N) is 1. The van der Waals surface area contributed by atoms with Crippen LogP contribution < -0.4 is 4.72 Å². The highest BCUT2D eigenvalue weighted by Gasteiger charge is 2.01. The molecule has 0 aliphatic heterocycles. The summed E-state index contributed by atoms with van der Waals surface area (Å²) >= 11 is 0.410. The van der Waals surface area contributed by atoms with Crippen molar-refractivity contribution >= 4 is 17.6 Å². The lowest BCUT2D eigenvalue weighted by molar-refractivity contribution is 0.252. The molecule has 0 unspecified atom stereocenters. The van der Waals surface area contributed by atoms with Gasteiger partial charge in [0, 0.05) is 17.6 Å². The molecule has 1 N–H and O–H groups in total. The third-order valence-electron chi connectivity index (χ3n) is 1.28. The van der Waals surface area contributed by atoms with Gasteiger partial charge in [0.1, 0.15) is 0 Å². The smallest absolute Gasteiger partial charge is 0.302 e. The normalized spacial score (nSPS) is 9.29. The Labute approximate surface area is 88.0 Å². The fraction of sp³-hybridized carbons (Fsp3) is 0.400. The van der Waals surface area contributed by atoms with E-state index in [1.165, 1.54) is 0 Å². The minimum Gasteiger partial charge on any atom is -0.325 e. The van der Waals surface area contributed by atoms with Gasteiger partial charge in [-0.2, -0.15) is 8.78 Å². The molecular weight excluding hydrogens is 204 g/mol. The van der Waals surface area contributed by atoms with Gasteiger partial charge < -0.3 is 4.72 Å². The summed E-state index contributed by atoms with van der Waals surface area (Å²) in [4.78, 5) is 0. The first-order valence-corrected chi connectivity index (χ1v) is 5.33. The number of hydrogen-bond donors (Lipinski definition) is 1. The molecule has 1 aromatic carbocycles. The van der Waals surface area contributed by atoms with Crippen LogP contribution in [0.15, 0.2) is 24.3 Å². The quantitative estimate of drug-likeness (QED) is 0.760. The van der Waals surface area contributed by atoms with Crippen molar-refractivity contribution in [1.29, 1.82) is 0 Å². The summed E-state index contributed by atoms with van der Waals surface area (Å²) in [6.07, 6.45) is 0. The third kappa shape index (κ3) is 5.80. The molecule has 0 aromatic heterocycles. The molecule has 0 bridgehead atoms. The first-order valence-electron chi connectivity index (χ1n) is 4.45. The number of halogens is 2.